The summed E-state index contributed by atoms with van der Waals surface area (Å²) in [5, 5.41) is 3.54. The molecule has 1 aromatic heterocycles. The number of pyridine rings is 1. The Hall–Kier alpha value is -1.92. The van der Waals surface area contributed by atoms with Crippen molar-refractivity contribution in [1.82, 2.24) is 9.71 Å². The zero-order valence-electron chi connectivity index (χ0n) is 17.7. The molecule has 0 bridgehead atoms. The molecule has 2 N–H and O–H groups in total. The number of nitrogens with one attached hydrogen (secondary N) is 2. The molecule has 6 heteroatoms. The minimum Gasteiger partial charge on any atom is -0.385 e. The molecule has 5 nitrogen and oxygen atoms in total. The first-order valence-corrected chi connectivity index (χ1v) is 11.9. The first-order valence-electron chi connectivity index (χ1n) is 10.5. The first-order chi connectivity index (χ1) is 13.7. The van der Waals surface area contributed by atoms with Crippen molar-refractivity contribution in [2.24, 2.45) is 5.92 Å². The number of hydrogen-bond donors (Lipinski definition) is 2. The Bertz CT molecular complexity index is 867. The quantitative estimate of drug-likeness (QED) is 0.705. The highest BCUT2D eigenvalue weighted by atomic mass is 32.2. The third-order valence-corrected chi connectivity index (χ3v) is 7.94. The average molecular weight is 416 g/mol. The van der Waals surface area contributed by atoms with E-state index in [1.165, 1.54) is 11.1 Å². The number of sulfonamides is 1. The molecule has 1 aliphatic carbocycles. The zero-order valence-corrected chi connectivity index (χ0v) is 18.5. The van der Waals surface area contributed by atoms with Crippen LogP contribution in [0.3, 0.4) is 0 Å². The third kappa shape index (κ3) is 6.28. The normalized spacial score (nSPS) is 20.4. The maximum absolute atomic E-state index is 12.3. The summed E-state index contributed by atoms with van der Waals surface area (Å²) in [6, 6.07) is 12.8. The molecule has 1 aromatic carbocycles. The summed E-state index contributed by atoms with van der Waals surface area (Å²) in [4.78, 5) is 4.06. The molecule has 1 heterocycles. The SMILES string of the molecule is CC(C)(C)S(=O)(=O)N[C@H]1CC[C@H](CNc2ccc(Cc3ccncc3)cc2)CC1. The van der Waals surface area contributed by atoms with Crippen molar-refractivity contribution in [1.29, 1.82) is 0 Å². The predicted molar refractivity (Wildman–Crippen MR) is 120 cm³/mol. The number of hydrogen-bond acceptors (Lipinski definition) is 4. The Balaban J connectivity index is 1.42. The molecular weight excluding hydrogens is 382 g/mol. The minimum absolute atomic E-state index is 0.0722. The highest BCUT2D eigenvalue weighted by molar-refractivity contribution is 7.90. The molecule has 0 aliphatic heterocycles. The lowest BCUT2D eigenvalue weighted by atomic mass is 9.86. The Kier molecular flexibility index (Phi) is 6.96. The average Bonchev–Trinajstić information content (AvgIpc) is 2.68. The van der Waals surface area contributed by atoms with E-state index in [4.69, 9.17) is 0 Å². The molecule has 1 fully saturated rings. The van der Waals surface area contributed by atoms with Gasteiger partial charge in [-0.25, -0.2) is 13.1 Å². The smallest absolute Gasteiger partial charge is 0.216 e. The van der Waals surface area contributed by atoms with Crippen LogP contribution in [0.2, 0.25) is 0 Å². The van der Waals surface area contributed by atoms with Gasteiger partial charge in [0.05, 0.1) is 4.75 Å². The molecule has 29 heavy (non-hydrogen) atoms. The minimum atomic E-state index is -3.27. The van der Waals surface area contributed by atoms with E-state index < -0.39 is 14.8 Å². The van der Waals surface area contributed by atoms with Crippen LogP contribution in [0.25, 0.3) is 0 Å². The van der Waals surface area contributed by atoms with Crippen LogP contribution in [0.1, 0.15) is 57.6 Å². The maximum atomic E-state index is 12.3. The molecule has 0 radical (unpaired) electrons. The fourth-order valence-corrected chi connectivity index (χ4v) is 4.65. The largest absolute Gasteiger partial charge is 0.385 e. The van der Waals surface area contributed by atoms with Gasteiger partial charge >= 0.3 is 0 Å². The number of anilines is 1. The molecule has 0 spiro atoms. The molecule has 0 saturated heterocycles. The summed E-state index contributed by atoms with van der Waals surface area (Å²) in [6.45, 7) is 6.16. The lowest BCUT2D eigenvalue weighted by Gasteiger charge is -2.31. The van der Waals surface area contributed by atoms with Gasteiger partial charge in [-0.15, -0.1) is 0 Å². The molecule has 0 atom stereocenters. The van der Waals surface area contributed by atoms with Crippen LogP contribution >= 0.6 is 0 Å². The second kappa shape index (κ2) is 9.26. The fraction of sp³-hybridized carbons (Fsp3) is 0.522. The molecular formula is C23H33N3O2S. The molecule has 0 unspecified atom stereocenters. The van der Waals surface area contributed by atoms with Crippen LogP contribution in [0.15, 0.2) is 48.8 Å². The van der Waals surface area contributed by atoms with E-state index in [1.54, 1.807) is 20.8 Å². The van der Waals surface area contributed by atoms with Crippen molar-refractivity contribution in [3.63, 3.8) is 0 Å². The van der Waals surface area contributed by atoms with Gasteiger partial charge in [-0.05, 0) is 94.2 Å². The Morgan fingerprint density at radius 1 is 0.931 bits per heavy atom. The van der Waals surface area contributed by atoms with E-state index >= 15 is 0 Å². The summed E-state index contributed by atoms with van der Waals surface area (Å²) < 4.78 is 26.8. The van der Waals surface area contributed by atoms with Gasteiger partial charge in [-0.2, -0.15) is 0 Å². The Morgan fingerprint density at radius 3 is 2.10 bits per heavy atom. The second-order valence-electron chi connectivity index (χ2n) is 9.06. The van der Waals surface area contributed by atoms with Gasteiger partial charge < -0.3 is 5.32 Å². The van der Waals surface area contributed by atoms with E-state index in [0.29, 0.717) is 5.92 Å². The maximum Gasteiger partial charge on any atom is 0.216 e. The standard InChI is InChI=1S/C23H33N3O2S/c1-23(2,3)29(27,28)26-22-10-6-20(7-11-22)17-25-21-8-4-18(5-9-21)16-19-12-14-24-15-13-19/h4-5,8-9,12-15,20,22,25-26H,6-7,10-11,16-17H2,1-3H3/t20-,22-. The van der Waals surface area contributed by atoms with E-state index in [-0.39, 0.29) is 6.04 Å². The van der Waals surface area contributed by atoms with Crippen LogP contribution in [0, 0.1) is 5.92 Å². The van der Waals surface area contributed by atoms with Crippen molar-refractivity contribution in [2.45, 2.75) is 63.7 Å². The number of aromatic nitrogens is 1. The third-order valence-electron chi connectivity index (χ3n) is 5.68. The van der Waals surface area contributed by atoms with Crippen LogP contribution in [0.4, 0.5) is 5.69 Å². The van der Waals surface area contributed by atoms with E-state index in [1.807, 2.05) is 24.5 Å². The molecule has 1 aliphatic rings. The summed E-state index contributed by atoms with van der Waals surface area (Å²) in [7, 11) is -3.27. The van der Waals surface area contributed by atoms with Crippen molar-refractivity contribution in [2.75, 3.05) is 11.9 Å². The monoisotopic (exact) mass is 415 g/mol. The molecule has 1 saturated carbocycles. The predicted octanol–water partition coefficient (Wildman–Crippen LogP) is 4.36. The molecule has 2 aromatic rings. The van der Waals surface area contributed by atoms with E-state index in [2.05, 4.69) is 39.3 Å². The van der Waals surface area contributed by atoms with Gasteiger partial charge in [-0.3, -0.25) is 4.98 Å². The lowest BCUT2D eigenvalue weighted by Crippen LogP contribution is -2.46. The van der Waals surface area contributed by atoms with Crippen molar-refractivity contribution in [3.8, 4) is 0 Å². The van der Waals surface area contributed by atoms with Crippen molar-refractivity contribution < 1.29 is 8.42 Å². The van der Waals surface area contributed by atoms with Gasteiger partial charge in [0.1, 0.15) is 0 Å². The van der Waals surface area contributed by atoms with Gasteiger partial charge in [0.25, 0.3) is 0 Å². The number of benzene rings is 1. The zero-order chi connectivity index (χ0) is 20.9. The number of nitrogens with zero attached hydrogens (tertiary/aromatic N) is 1. The van der Waals surface area contributed by atoms with Crippen LogP contribution < -0.4 is 10.0 Å². The van der Waals surface area contributed by atoms with Crippen LogP contribution in [0.5, 0.6) is 0 Å². The van der Waals surface area contributed by atoms with Crippen LogP contribution in [-0.4, -0.2) is 30.7 Å². The summed E-state index contributed by atoms with van der Waals surface area (Å²) in [6.07, 6.45) is 8.48. The fourth-order valence-electron chi connectivity index (χ4n) is 3.62. The number of rotatable bonds is 7. The van der Waals surface area contributed by atoms with Crippen molar-refractivity contribution >= 4 is 15.7 Å². The summed E-state index contributed by atoms with van der Waals surface area (Å²) in [5.74, 6) is 0.585. The second-order valence-corrected chi connectivity index (χ2v) is 11.5. The lowest BCUT2D eigenvalue weighted by molar-refractivity contribution is 0.322. The topological polar surface area (TPSA) is 71.1 Å². The summed E-state index contributed by atoms with van der Waals surface area (Å²) in [5.41, 5.74) is 3.69. The van der Waals surface area contributed by atoms with Gasteiger partial charge in [0.2, 0.25) is 10.0 Å². The van der Waals surface area contributed by atoms with Gasteiger partial charge in [-0.1, -0.05) is 12.1 Å². The van der Waals surface area contributed by atoms with Crippen molar-refractivity contribution in [3.05, 3.63) is 59.9 Å². The summed E-state index contributed by atoms with van der Waals surface area (Å²) >= 11 is 0. The molecule has 158 valence electrons. The van der Waals surface area contributed by atoms with Gasteiger partial charge in [0, 0.05) is 30.7 Å². The first kappa shape index (κ1) is 21.8. The Labute approximate surface area is 175 Å². The highest BCUT2D eigenvalue weighted by Crippen LogP contribution is 2.27. The van der Waals surface area contributed by atoms with E-state index in [0.717, 1.165) is 44.3 Å². The Morgan fingerprint density at radius 2 is 1.52 bits per heavy atom. The van der Waals surface area contributed by atoms with E-state index in [9.17, 15) is 8.42 Å². The highest BCUT2D eigenvalue weighted by Gasteiger charge is 2.32. The molecule has 3 rings (SSSR count). The molecule has 0 amide bonds. The van der Waals surface area contributed by atoms with Crippen LogP contribution in [-0.2, 0) is 16.4 Å². The van der Waals surface area contributed by atoms with Gasteiger partial charge in [0.15, 0.2) is 0 Å².